The maximum Gasteiger partial charge on any atom is 0.347 e. The molecule has 0 amide bonds. The zero-order valence-electron chi connectivity index (χ0n) is 20.4. The standard InChI is InChI=1S/C30H23ClN2O5/c1-17-8-10-19(11-9-17)30(37)25(24-27(35)21-16-20(31)12-13-22(21)38-29(24)36)23(28-32-14-5-15-33(28)30)26(34)18-6-3-2-4-7-18/h2-4,6-13,16,35,37H,5,14-15H2,1H3. The first kappa shape index (κ1) is 24.2. The third kappa shape index (κ3) is 3.58. The van der Waals surface area contributed by atoms with Crippen LogP contribution in [-0.4, -0.2) is 39.8 Å². The van der Waals surface area contributed by atoms with Gasteiger partial charge in [-0.25, -0.2) is 4.79 Å². The average molecular weight is 527 g/mol. The first-order valence-electron chi connectivity index (χ1n) is 12.2. The molecule has 0 saturated heterocycles. The fourth-order valence-corrected chi connectivity index (χ4v) is 5.44. The lowest BCUT2D eigenvalue weighted by molar-refractivity contribution is -0.0168. The molecule has 2 N–H and O–H groups in total. The first-order chi connectivity index (χ1) is 18.3. The molecule has 1 aromatic heterocycles. The van der Waals surface area contributed by atoms with E-state index in [2.05, 4.69) is 4.99 Å². The number of amidine groups is 1. The van der Waals surface area contributed by atoms with Gasteiger partial charge in [0.25, 0.3) is 0 Å². The molecule has 1 unspecified atom stereocenters. The van der Waals surface area contributed by atoms with Crippen LogP contribution in [-0.2, 0) is 5.72 Å². The van der Waals surface area contributed by atoms with Crippen molar-refractivity contribution in [2.24, 2.45) is 4.99 Å². The number of halogens is 1. The number of ketones is 1. The molecule has 38 heavy (non-hydrogen) atoms. The van der Waals surface area contributed by atoms with Crippen molar-refractivity contribution in [2.45, 2.75) is 19.1 Å². The van der Waals surface area contributed by atoms with Crippen molar-refractivity contribution in [3.63, 3.8) is 0 Å². The van der Waals surface area contributed by atoms with Gasteiger partial charge in [0.15, 0.2) is 11.5 Å². The van der Waals surface area contributed by atoms with Gasteiger partial charge in [-0.3, -0.25) is 9.79 Å². The normalized spacial score (nSPS) is 19.0. The number of hydrogen-bond donors (Lipinski definition) is 2. The van der Waals surface area contributed by atoms with Gasteiger partial charge < -0.3 is 19.5 Å². The van der Waals surface area contributed by atoms with Crippen molar-refractivity contribution < 1.29 is 19.4 Å². The van der Waals surface area contributed by atoms with E-state index >= 15 is 0 Å². The molecule has 3 heterocycles. The Hall–Kier alpha value is -4.20. The summed E-state index contributed by atoms with van der Waals surface area (Å²) < 4.78 is 5.59. The number of Topliss-reactive ketones (excluding diaryl/α,β-unsaturated/α-hetero) is 1. The quantitative estimate of drug-likeness (QED) is 0.284. The van der Waals surface area contributed by atoms with Crippen LogP contribution in [0.2, 0.25) is 5.02 Å². The molecule has 7 nitrogen and oxygen atoms in total. The molecule has 1 atom stereocenters. The number of rotatable bonds is 4. The lowest BCUT2D eigenvalue weighted by Gasteiger charge is -2.39. The highest BCUT2D eigenvalue weighted by atomic mass is 35.5. The molecule has 0 spiro atoms. The minimum absolute atomic E-state index is 0.0444. The lowest BCUT2D eigenvalue weighted by Crippen LogP contribution is -2.48. The number of benzene rings is 3. The van der Waals surface area contributed by atoms with Gasteiger partial charge in [0.2, 0.25) is 0 Å². The van der Waals surface area contributed by atoms with Crippen LogP contribution in [0.25, 0.3) is 16.5 Å². The van der Waals surface area contributed by atoms with E-state index in [1.165, 1.54) is 12.1 Å². The molecule has 3 aromatic carbocycles. The summed E-state index contributed by atoms with van der Waals surface area (Å²) in [5.74, 6) is -0.592. The van der Waals surface area contributed by atoms with E-state index in [9.17, 15) is 19.8 Å². The molecule has 2 aliphatic rings. The summed E-state index contributed by atoms with van der Waals surface area (Å²) in [6, 6.07) is 20.3. The van der Waals surface area contributed by atoms with Crippen LogP contribution in [0, 0.1) is 6.92 Å². The third-order valence-corrected chi connectivity index (χ3v) is 7.31. The third-order valence-electron chi connectivity index (χ3n) is 7.08. The van der Waals surface area contributed by atoms with E-state index in [1.807, 2.05) is 19.1 Å². The number of aliphatic hydroxyl groups is 1. The molecule has 2 aliphatic heterocycles. The maximum atomic E-state index is 14.1. The molecule has 0 radical (unpaired) electrons. The van der Waals surface area contributed by atoms with E-state index < -0.39 is 22.9 Å². The van der Waals surface area contributed by atoms with Crippen LogP contribution < -0.4 is 5.63 Å². The molecule has 190 valence electrons. The fraction of sp³-hybridized carbons (Fsp3) is 0.167. The number of hydrogen-bond acceptors (Lipinski definition) is 7. The summed E-state index contributed by atoms with van der Waals surface area (Å²) >= 11 is 6.19. The summed E-state index contributed by atoms with van der Waals surface area (Å²) in [5, 5.41) is 24.6. The second-order valence-corrected chi connectivity index (χ2v) is 9.88. The Morgan fingerprint density at radius 2 is 1.82 bits per heavy atom. The first-order valence-corrected chi connectivity index (χ1v) is 12.6. The van der Waals surface area contributed by atoms with Gasteiger partial charge in [-0.15, -0.1) is 0 Å². The van der Waals surface area contributed by atoms with Gasteiger partial charge in [0.1, 0.15) is 22.7 Å². The molecular weight excluding hydrogens is 504 g/mol. The summed E-state index contributed by atoms with van der Waals surface area (Å²) in [4.78, 5) is 33.9. The molecule has 0 fully saturated rings. The Kier molecular flexibility index (Phi) is 5.70. The van der Waals surface area contributed by atoms with Crippen LogP contribution in [0.5, 0.6) is 5.75 Å². The molecule has 0 saturated carbocycles. The Morgan fingerprint density at radius 3 is 2.55 bits per heavy atom. The zero-order valence-corrected chi connectivity index (χ0v) is 21.2. The van der Waals surface area contributed by atoms with Crippen LogP contribution >= 0.6 is 11.6 Å². The highest BCUT2D eigenvalue weighted by molar-refractivity contribution is 6.34. The smallest absolute Gasteiger partial charge is 0.347 e. The van der Waals surface area contributed by atoms with Crippen LogP contribution in [0.1, 0.15) is 33.5 Å². The lowest BCUT2D eigenvalue weighted by atomic mass is 9.86. The van der Waals surface area contributed by atoms with Gasteiger partial charge in [0, 0.05) is 34.8 Å². The number of carbonyl (C=O) groups excluding carboxylic acids is 1. The van der Waals surface area contributed by atoms with Crippen LogP contribution in [0.3, 0.4) is 0 Å². The van der Waals surface area contributed by atoms with Crippen LogP contribution in [0.15, 0.2) is 92.6 Å². The number of carbonyl (C=O) groups is 1. The maximum absolute atomic E-state index is 14.1. The van der Waals surface area contributed by atoms with Crippen molar-refractivity contribution in [3.8, 4) is 5.75 Å². The molecule has 8 heteroatoms. The van der Waals surface area contributed by atoms with E-state index in [1.54, 1.807) is 53.4 Å². The molecular formula is C30H23ClN2O5. The number of aliphatic imine (C=N–C) groups is 1. The van der Waals surface area contributed by atoms with E-state index in [0.29, 0.717) is 35.7 Å². The Balaban J connectivity index is 1.76. The highest BCUT2D eigenvalue weighted by Crippen LogP contribution is 2.51. The summed E-state index contributed by atoms with van der Waals surface area (Å²) in [7, 11) is 0. The van der Waals surface area contributed by atoms with Crippen molar-refractivity contribution in [1.29, 1.82) is 0 Å². The second-order valence-electron chi connectivity index (χ2n) is 9.45. The Bertz CT molecular complexity index is 1720. The summed E-state index contributed by atoms with van der Waals surface area (Å²) in [5.41, 5.74) is -1.32. The van der Waals surface area contributed by atoms with Crippen LogP contribution in [0.4, 0.5) is 0 Å². The molecule has 6 rings (SSSR count). The zero-order chi connectivity index (χ0) is 26.6. The van der Waals surface area contributed by atoms with Gasteiger partial charge in [-0.05, 0) is 31.5 Å². The van der Waals surface area contributed by atoms with Gasteiger partial charge in [0.05, 0.1) is 11.0 Å². The second kappa shape index (κ2) is 8.97. The monoisotopic (exact) mass is 526 g/mol. The van der Waals surface area contributed by atoms with Crippen molar-refractivity contribution in [3.05, 3.63) is 116 Å². The van der Waals surface area contributed by atoms with Gasteiger partial charge in [-0.2, -0.15) is 0 Å². The largest absolute Gasteiger partial charge is 0.506 e. The summed E-state index contributed by atoms with van der Waals surface area (Å²) in [6.07, 6.45) is 0.631. The Labute approximate surface area is 222 Å². The van der Waals surface area contributed by atoms with E-state index in [-0.39, 0.29) is 33.5 Å². The van der Waals surface area contributed by atoms with E-state index in [0.717, 1.165) is 5.56 Å². The Morgan fingerprint density at radius 1 is 1.08 bits per heavy atom. The number of aromatic hydroxyl groups is 1. The summed E-state index contributed by atoms with van der Waals surface area (Å²) in [6.45, 7) is 2.75. The fourth-order valence-electron chi connectivity index (χ4n) is 5.27. The average Bonchev–Trinajstić information content (AvgIpc) is 3.19. The van der Waals surface area contributed by atoms with Gasteiger partial charge >= 0.3 is 5.63 Å². The van der Waals surface area contributed by atoms with Crippen molar-refractivity contribution in [2.75, 3.05) is 13.1 Å². The minimum Gasteiger partial charge on any atom is -0.506 e. The van der Waals surface area contributed by atoms with E-state index in [4.69, 9.17) is 16.0 Å². The predicted octanol–water partition coefficient (Wildman–Crippen LogP) is 5.06. The van der Waals surface area contributed by atoms with Crippen molar-refractivity contribution >= 4 is 39.8 Å². The highest BCUT2D eigenvalue weighted by Gasteiger charge is 2.54. The molecule has 0 bridgehead atoms. The minimum atomic E-state index is -1.98. The predicted molar refractivity (Wildman–Crippen MR) is 146 cm³/mol. The SMILES string of the molecule is Cc1ccc(C2(O)C(c3c(O)c4cc(Cl)ccc4oc3=O)=C(C(=O)c3ccccc3)C3=NCCCN32)cc1. The van der Waals surface area contributed by atoms with Crippen molar-refractivity contribution in [1.82, 2.24) is 4.90 Å². The molecule has 0 aliphatic carbocycles. The van der Waals surface area contributed by atoms with Gasteiger partial charge in [-0.1, -0.05) is 71.8 Å². The number of fused-ring (bicyclic) bond motifs is 2. The topological polar surface area (TPSA) is 103 Å². The number of aryl methyl sites for hydroxylation is 1. The molecule has 4 aromatic rings. The number of nitrogens with zero attached hydrogens (tertiary/aromatic N) is 2.